The quantitative estimate of drug-likeness (QED) is 0.500. The fourth-order valence-electron chi connectivity index (χ4n) is 2.55. The molecule has 1 rings (SSSR count). The topological polar surface area (TPSA) is 12.0 Å². The molecule has 3 atom stereocenters. The van der Waals surface area contributed by atoms with Gasteiger partial charge in [0.15, 0.2) is 0 Å². The standard InChI is InChI=1S/C11H23N.C2H4/c1-9-5-6-11(3,12-4)8-10(2)7-9;1-2/h9-10,12H,5-8H2,1-4H3;1-2H2. The lowest BCUT2D eigenvalue weighted by Gasteiger charge is -2.29. The maximum atomic E-state index is 3.47. The molecule has 1 heteroatoms. The fraction of sp³-hybridized carbons (Fsp3) is 0.846. The Kier molecular flexibility index (Phi) is 6.10. The van der Waals surface area contributed by atoms with Crippen molar-refractivity contribution in [2.45, 2.75) is 52.0 Å². The lowest BCUT2D eigenvalue weighted by molar-refractivity contribution is 0.302. The highest BCUT2D eigenvalue weighted by molar-refractivity contribution is 4.87. The van der Waals surface area contributed by atoms with Crippen LogP contribution >= 0.6 is 0 Å². The van der Waals surface area contributed by atoms with Crippen LogP contribution in [0.1, 0.15) is 46.5 Å². The van der Waals surface area contributed by atoms with E-state index in [1.807, 2.05) is 0 Å². The first-order valence-corrected chi connectivity index (χ1v) is 5.74. The smallest absolute Gasteiger partial charge is 0.0153 e. The van der Waals surface area contributed by atoms with Gasteiger partial charge in [-0.15, -0.1) is 13.2 Å². The van der Waals surface area contributed by atoms with Crippen LogP contribution in [0.15, 0.2) is 13.2 Å². The Labute approximate surface area is 90.0 Å². The molecule has 1 nitrogen and oxygen atoms in total. The Morgan fingerprint density at radius 3 is 2.29 bits per heavy atom. The van der Waals surface area contributed by atoms with E-state index in [-0.39, 0.29) is 0 Å². The van der Waals surface area contributed by atoms with Crippen molar-refractivity contribution in [3.05, 3.63) is 13.2 Å². The van der Waals surface area contributed by atoms with Crippen molar-refractivity contribution in [1.29, 1.82) is 0 Å². The highest BCUT2D eigenvalue weighted by Crippen LogP contribution is 2.33. The van der Waals surface area contributed by atoms with E-state index in [1.54, 1.807) is 0 Å². The van der Waals surface area contributed by atoms with Crippen LogP contribution in [0, 0.1) is 11.8 Å². The second kappa shape index (κ2) is 6.23. The zero-order valence-electron chi connectivity index (χ0n) is 10.4. The average Bonchev–Trinajstić information content (AvgIpc) is 2.29. The third-order valence-corrected chi connectivity index (χ3v) is 3.40. The van der Waals surface area contributed by atoms with Gasteiger partial charge in [0.25, 0.3) is 0 Å². The molecule has 0 aromatic rings. The molecule has 0 radical (unpaired) electrons. The normalized spacial score (nSPS) is 38.0. The molecule has 0 saturated heterocycles. The predicted molar refractivity (Wildman–Crippen MR) is 65.5 cm³/mol. The van der Waals surface area contributed by atoms with Gasteiger partial charge in [0.2, 0.25) is 0 Å². The summed E-state index contributed by atoms with van der Waals surface area (Å²) in [5.74, 6) is 1.81. The van der Waals surface area contributed by atoms with E-state index >= 15 is 0 Å². The van der Waals surface area contributed by atoms with E-state index in [1.165, 1.54) is 25.7 Å². The van der Waals surface area contributed by atoms with Crippen LogP contribution in [-0.4, -0.2) is 12.6 Å². The molecular weight excluding hydrogens is 170 g/mol. The summed E-state index contributed by atoms with van der Waals surface area (Å²) >= 11 is 0. The van der Waals surface area contributed by atoms with Gasteiger partial charge < -0.3 is 5.32 Å². The molecule has 0 aromatic heterocycles. The van der Waals surface area contributed by atoms with Gasteiger partial charge >= 0.3 is 0 Å². The Morgan fingerprint density at radius 1 is 1.21 bits per heavy atom. The third-order valence-electron chi connectivity index (χ3n) is 3.40. The summed E-state index contributed by atoms with van der Waals surface area (Å²) in [5, 5.41) is 3.47. The van der Waals surface area contributed by atoms with Gasteiger partial charge in [-0.1, -0.05) is 13.8 Å². The van der Waals surface area contributed by atoms with Crippen molar-refractivity contribution in [1.82, 2.24) is 5.32 Å². The number of hydrogen-bond acceptors (Lipinski definition) is 1. The molecule has 0 spiro atoms. The number of rotatable bonds is 1. The summed E-state index contributed by atoms with van der Waals surface area (Å²) in [4.78, 5) is 0. The van der Waals surface area contributed by atoms with Crippen LogP contribution in [0.4, 0.5) is 0 Å². The first-order valence-electron chi connectivity index (χ1n) is 5.74. The van der Waals surface area contributed by atoms with Crippen LogP contribution in [0.3, 0.4) is 0 Å². The average molecular weight is 197 g/mol. The molecular formula is C13H27N. The Morgan fingerprint density at radius 2 is 1.79 bits per heavy atom. The first kappa shape index (κ1) is 13.7. The minimum atomic E-state index is 0.407. The van der Waals surface area contributed by atoms with Crippen molar-refractivity contribution in [2.24, 2.45) is 11.8 Å². The second-order valence-corrected chi connectivity index (χ2v) is 5.00. The number of nitrogens with one attached hydrogen (secondary N) is 1. The largest absolute Gasteiger partial charge is 0.315 e. The number of hydrogen-bond donors (Lipinski definition) is 1. The van der Waals surface area contributed by atoms with Crippen LogP contribution in [0.25, 0.3) is 0 Å². The summed E-state index contributed by atoms with van der Waals surface area (Å²) in [6.07, 6.45) is 5.49. The summed E-state index contributed by atoms with van der Waals surface area (Å²) < 4.78 is 0. The summed E-state index contributed by atoms with van der Waals surface area (Å²) in [7, 11) is 2.10. The Bertz CT molecular complexity index is 155. The highest BCUT2D eigenvalue weighted by Gasteiger charge is 2.28. The van der Waals surface area contributed by atoms with E-state index in [4.69, 9.17) is 0 Å². The molecule has 1 aliphatic carbocycles. The molecule has 0 bridgehead atoms. The molecule has 1 fully saturated rings. The van der Waals surface area contributed by atoms with Crippen molar-refractivity contribution < 1.29 is 0 Å². The highest BCUT2D eigenvalue weighted by atomic mass is 14.9. The molecule has 0 heterocycles. The van der Waals surface area contributed by atoms with Gasteiger partial charge in [-0.3, -0.25) is 0 Å². The SMILES string of the molecule is C=C.CNC1(C)CCC(C)CC(C)C1. The molecule has 0 aromatic carbocycles. The van der Waals surface area contributed by atoms with Gasteiger partial charge in [-0.25, -0.2) is 0 Å². The van der Waals surface area contributed by atoms with Crippen molar-refractivity contribution in [3.8, 4) is 0 Å². The summed E-state index contributed by atoms with van der Waals surface area (Å²) in [6.45, 7) is 13.1. The summed E-state index contributed by atoms with van der Waals surface area (Å²) in [6, 6.07) is 0. The van der Waals surface area contributed by atoms with E-state index in [2.05, 4.69) is 46.3 Å². The minimum absolute atomic E-state index is 0.407. The zero-order chi connectivity index (χ0) is 11.2. The van der Waals surface area contributed by atoms with Gasteiger partial charge in [0.1, 0.15) is 0 Å². The molecule has 14 heavy (non-hydrogen) atoms. The van der Waals surface area contributed by atoms with Crippen LogP contribution < -0.4 is 5.32 Å². The molecule has 84 valence electrons. The van der Waals surface area contributed by atoms with Gasteiger partial charge in [0, 0.05) is 5.54 Å². The monoisotopic (exact) mass is 197 g/mol. The second-order valence-electron chi connectivity index (χ2n) is 5.00. The maximum Gasteiger partial charge on any atom is 0.0153 e. The van der Waals surface area contributed by atoms with E-state index in [0.29, 0.717) is 5.54 Å². The zero-order valence-corrected chi connectivity index (χ0v) is 10.4. The molecule has 0 aliphatic heterocycles. The van der Waals surface area contributed by atoms with E-state index in [0.717, 1.165) is 11.8 Å². The summed E-state index contributed by atoms with van der Waals surface area (Å²) in [5.41, 5.74) is 0.407. The van der Waals surface area contributed by atoms with E-state index in [9.17, 15) is 0 Å². The van der Waals surface area contributed by atoms with Crippen LogP contribution in [0.5, 0.6) is 0 Å². The van der Waals surface area contributed by atoms with Crippen molar-refractivity contribution in [3.63, 3.8) is 0 Å². The molecule has 0 amide bonds. The Hall–Kier alpha value is -0.300. The minimum Gasteiger partial charge on any atom is -0.315 e. The first-order chi connectivity index (χ1) is 6.56. The fourth-order valence-corrected chi connectivity index (χ4v) is 2.55. The molecule has 1 N–H and O–H groups in total. The van der Waals surface area contributed by atoms with Gasteiger partial charge in [-0.2, -0.15) is 0 Å². The van der Waals surface area contributed by atoms with E-state index < -0.39 is 0 Å². The third kappa shape index (κ3) is 4.28. The molecule has 1 saturated carbocycles. The van der Waals surface area contributed by atoms with Crippen LogP contribution in [0.2, 0.25) is 0 Å². The van der Waals surface area contributed by atoms with Crippen LogP contribution in [-0.2, 0) is 0 Å². The van der Waals surface area contributed by atoms with Crippen molar-refractivity contribution in [2.75, 3.05) is 7.05 Å². The van der Waals surface area contributed by atoms with Crippen molar-refractivity contribution >= 4 is 0 Å². The van der Waals surface area contributed by atoms with Gasteiger partial charge in [0.05, 0.1) is 0 Å². The Balaban J connectivity index is 0.000000791. The van der Waals surface area contributed by atoms with Gasteiger partial charge in [-0.05, 0) is 51.5 Å². The lowest BCUT2D eigenvalue weighted by atomic mass is 9.88. The lowest BCUT2D eigenvalue weighted by Crippen LogP contribution is -2.40. The predicted octanol–water partition coefficient (Wildman–Crippen LogP) is 3.61. The maximum absolute atomic E-state index is 3.47. The molecule has 1 aliphatic rings. The molecule has 3 unspecified atom stereocenters.